The van der Waals surface area contributed by atoms with Crippen LogP contribution in [-0.4, -0.2) is 0 Å². The average molecular weight is 471 g/mol. The maximum Gasteiger partial charge on any atom is 0.205 e. The van der Waals surface area contributed by atoms with Crippen molar-refractivity contribution in [3.8, 4) is 23.6 Å². The summed E-state index contributed by atoms with van der Waals surface area (Å²) < 4.78 is 48.4. The standard InChI is InChI=1S/C21H13F3N2O.C3H8.2C2H6/c1-4-7-13(5-2)14-9-6-8-12(3)20(14)27-21-18(23)16(11-26)15(10-25)17(22)19(21)24;1-3-2;2*1-2/h4-9H,1-2H2,3H3;3H2,1-2H3;2*1-2H3/b13-7+;;;. The minimum atomic E-state index is -1.69. The number of para-hydroxylation sites is 1. The summed E-state index contributed by atoms with van der Waals surface area (Å²) >= 11 is 0. The van der Waals surface area contributed by atoms with Crippen molar-refractivity contribution >= 4 is 5.57 Å². The Morgan fingerprint density at radius 1 is 0.912 bits per heavy atom. The smallest absolute Gasteiger partial charge is 0.205 e. The Hall–Kier alpha value is -3.77. The molecule has 0 spiro atoms. The molecule has 0 aliphatic heterocycles. The van der Waals surface area contributed by atoms with Crippen LogP contribution in [0, 0.1) is 47.0 Å². The lowest BCUT2D eigenvalue weighted by Crippen LogP contribution is -2.05. The fourth-order valence-electron chi connectivity index (χ4n) is 2.45. The van der Waals surface area contributed by atoms with E-state index < -0.39 is 34.3 Å². The Morgan fingerprint density at radius 3 is 1.85 bits per heavy atom. The molecule has 0 heterocycles. The molecule has 0 aliphatic carbocycles. The first-order valence-electron chi connectivity index (χ1n) is 11.1. The van der Waals surface area contributed by atoms with Crippen molar-refractivity contribution in [1.82, 2.24) is 0 Å². The van der Waals surface area contributed by atoms with Crippen LogP contribution in [0.15, 0.2) is 49.6 Å². The zero-order chi connectivity index (χ0) is 26.8. The Bertz CT molecular complexity index is 1070. The fourth-order valence-corrected chi connectivity index (χ4v) is 2.45. The number of hydrogen-bond acceptors (Lipinski definition) is 3. The number of benzene rings is 2. The molecule has 2 rings (SSSR count). The van der Waals surface area contributed by atoms with Gasteiger partial charge < -0.3 is 4.74 Å². The summed E-state index contributed by atoms with van der Waals surface area (Å²) in [5.74, 6) is -5.83. The number of aryl methyl sites for hydroxylation is 1. The van der Waals surface area contributed by atoms with Gasteiger partial charge in [0.1, 0.15) is 29.0 Å². The maximum absolute atomic E-state index is 14.6. The molecule has 0 amide bonds. The van der Waals surface area contributed by atoms with Crippen LogP contribution in [0.1, 0.15) is 70.2 Å². The van der Waals surface area contributed by atoms with Crippen molar-refractivity contribution < 1.29 is 17.9 Å². The molecule has 6 heteroatoms. The third-order valence-electron chi connectivity index (χ3n) is 3.75. The van der Waals surface area contributed by atoms with Crippen LogP contribution < -0.4 is 4.74 Å². The second-order valence-electron chi connectivity index (χ2n) is 6.07. The van der Waals surface area contributed by atoms with Gasteiger partial charge in [0.05, 0.1) is 0 Å². The van der Waals surface area contributed by atoms with E-state index in [0.717, 1.165) is 0 Å². The van der Waals surface area contributed by atoms with Gasteiger partial charge in [0, 0.05) is 5.56 Å². The molecular weight excluding hydrogens is 437 g/mol. The van der Waals surface area contributed by atoms with Crippen LogP contribution in [0.25, 0.3) is 5.57 Å². The third-order valence-corrected chi connectivity index (χ3v) is 3.75. The molecular formula is C28H33F3N2O. The lowest BCUT2D eigenvalue weighted by atomic mass is 10.0. The van der Waals surface area contributed by atoms with Gasteiger partial charge in [-0.15, -0.1) is 0 Å². The molecule has 34 heavy (non-hydrogen) atoms. The highest BCUT2D eigenvalue weighted by Gasteiger charge is 2.28. The van der Waals surface area contributed by atoms with Gasteiger partial charge in [-0.3, -0.25) is 0 Å². The molecule has 2 aromatic rings. The minimum absolute atomic E-state index is 0.0521. The van der Waals surface area contributed by atoms with Gasteiger partial charge in [-0.05, 0) is 18.1 Å². The molecule has 0 unspecified atom stereocenters. The Morgan fingerprint density at radius 2 is 1.41 bits per heavy atom. The van der Waals surface area contributed by atoms with Crippen molar-refractivity contribution in [3.05, 3.63) is 89.3 Å². The van der Waals surface area contributed by atoms with Gasteiger partial charge >= 0.3 is 0 Å². The van der Waals surface area contributed by atoms with Gasteiger partial charge in [0.15, 0.2) is 11.6 Å². The maximum atomic E-state index is 14.6. The molecule has 0 radical (unpaired) electrons. The highest BCUT2D eigenvalue weighted by molar-refractivity contribution is 5.79. The minimum Gasteiger partial charge on any atom is -0.450 e. The van der Waals surface area contributed by atoms with Crippen LogP contribution in [0.3, 0.4) is 0 Å². The summed E-state index contributed by atoms with van der Waals surface area (Å²) in [6.45, 7) is 21.1. The van der Waals surface area contributed by atoms with Crippen LogP contribution >= 0.6 is 0 Å². The topological polar surface area (TPSA) is 56.8 Å². The van der Waals surface area contributed by atoms with E-state index in [1.807, 2.05) is 27.7 Å². The molecule has 0 aliphatic rings. The van der Waals surface area contributed by atoms with Gasteiger partial charge in [-0.2, -0.15) is 14.9 Å². The first kappa shape index (κ1) is 32.4. The van der Waals surface area contributed by atoms with Gasteiger partial charge in [-0.1, -0.05) is 97.5 Å². The van der Waals surface area contributed by atoms with Crippen LogP contribution in [0.4, 0.5) is 13.2 Å². The summed E-state index contributed by atoms with van der Waals surface area (Å²) in [5, 5.41) is 17.9. The Kier molecular flexibility index (Phi) is 16.9. The number of hydrogen-bond donors (Lipinski definition) is 0. The molecule has 182 valence electrons. The predicted octanol–water partition coefficient (Wildman–Crippen LogP) is 9.17. The summed E-state index contributed by atoms with van der Waals surface area (Å²) in [5.41, 5.74) is -0.437. The summed E-state index contributed by atoms with van der Waals surface area (Å²) in [4.78, 5) is 0. The van der Waals surface area contributed by atoms with Crippen LogP contribution in [0.2, 0.25) is 0 Å². The predicted molar refractivity (Wildman–Crippen MR) is 134 cm³/mol. The summed E-state index contributed by atoms with van der Waals surface area (Å²) in [6, 6.07) is 7.61. The van der Waals surface area contributed by atoms with Crippen molar-refractivity contribution in [2.24, 2.45) is 0 Å². The molecule has 0 aromatic heterocycles. The van der Waals surface area contributed by atoms with E-state index in [2.05, 4.69) is 27.0 Å². The highest BCUT2D eigenvalue weighted by Crippen LogP contribution is 2.38. The quantitative estimate of drug-likeness (QED) is 0.323. The first-order valence-corrected chi connectivity index (χ1v) is 11.1. The van der Waals surface area contributed by atoms with E-state index in [0.29, 0.717) is 16.7 Å². The molecule has 2 aromatic carbocycles. The molecule has 0 N–H and O–H groups in total. The molecule has 0 fully saturated rings. The molecule has 0 saturated heterocycles. The van der Waals surface area contributed by atoms with Crippen molar-refractivity contribution in [3.63, 3.8) is 0 Å². The fraction of sp³-hybridized carbons (Fsp3) is 0.286. The third kappa shape index (κ3) is 7.98. The van der Waals surface area contributed by atoms with E-state index >= 15 is 0 Å². The number of halogens is 3. The molecule has 0 saturated carbocycles. The van der Waals surface area contributed by atoms with Gasteiger partial charge in [0.2, 0.25) is 11.6 Å². The Balaban J connectivity index is 0. The van der Waals surface area contributed by atoms with Gasteiger partial charge in [-0.25, -0.2) is 8.78 Å². The second kappa shape index (κ2) is 17.7. The lowest BCUT2D eigenvalue weighted by Gasteiger charge is -2.16. The van der Waals surface area contributed by atoms with E-state index in [1.165, 1.54) is 30.7 Å². The largest absolute Gasteiger partial charge is 0.450 e. The zero-order valence-corrected chi connectivity index (χ0v) is 21.0. The first-order chi connectivity index (χ1) is 16.3. The number of nitriles is 2. The normalized spacial score (nSPS) is 9.35. The van der Waals surface area contributed by atoms with E-state index in [1.54, 1.807) is 31.2 Å². The average Bonchev–Trinajstić information content (AvgIpc) is 2.86. The SMILES string of the molecule is C=C/C=C(\C=C)c1cccc(C)c1Oc1c(F)c(F)c(C#N)c(C#N)c1F.CC.CC.CCC. The zero-order valence-electron chi connectivity index (χ0n) is 21.0. The van der Waals surface area contributed by atoms with Crippen LogP contribution in [-0.2, 0) is 0 Å². The Labute approximate surface area is 202 Å². The van der Waals surface area contributed by atoms with E-state index in [4.69, 9.17) is 15.3 Å². The monoisotopic (exact) mass is 470 g/mol. The molecule has 0 bridgehead atoms. The number of ether oxygens (including phenoxy) is 1. The van der Waals surface area contributed by atoms with Gasteiger partial charge in [0.25, 0.3) is 0 Å². The van der Waals surface area contributed by atoms with Crippen LogP contribution in [0.5, 0.6) is 11.5 Å². The van der Waals surface area contributed by atoms with E-state index in [9.17, 15) is 13.2 Å². The summed E-state index contributed by atoms with van der Waals surface area (Å²) in [7, 11) is 0. The van der Waals surface area contributed by atoms with Crippen molar-refractivity contribution in [2.45, 2.75) is 54.9 Å². The van der Waals surface area contributed by atoms with Crippen molar-refractivity contribution in [2.75, 3.05) is 0 Å². The van der Waals surface area contributed by atoms with Crippen molar-refractivity contribution in [1.29, 1.82) is 10.5 Å². The number of allylic oxidation sites excluding steroid dienone is 4. The molecule has 3 nitrogen and oxygen atoms in total. The summed E-state index contributed by atoms with van der Waals surface area (Å²) in [6.07, 6.45) is 5.86. The lowest BCUT2D eigenvalue weighted by molar-refractivity contribution is 0.383. The highest BCUT2D eigenvalue weighted by atomic mass is 19.2. The molecule has 0 atom stereocenters. The second-order valence-corrected chi connectivity index (χ2v) is 6.07. The van der Waals surface area contributed by atoms with E-state index in [-0.39, 0.29) is 5.75 Å². The number of nitrogens with zero attached hydrogens (tertiary/aromatic N) is 2. The number of rotatable bonds is 5.